The number of carbonyl (C=O) groups excluding carboxylic acids is 1. The molecule has 0 bridgehead atoms. The molecule has 0 aliphatic carbocycles. The Morgan fingerprint density at radius 2 is 1.82 bits per heavy atom. The van der Waals surface area contributed by atoms with E-state index in [1.54, 1.807) is 12.1 Å². The summed E-state index contributed by atoms with van der Waals surface area (Å²) in [6, 6.07) is 6.21. The molecule has 8 heteroatoms. The summed E-state index contributed by atoms with van der Waals surface area (Å²) >= 11 is 0. The van der Waals surface area contributed by atoms with Crippen molar-refractivity contribution in [2.24, 2.45) is 0 Å². The van der Waals surface area contributed by atoms with Gasteiger partial charge in [-0.1, -0.05) is 0 Å². The number of esters is 1. The molecule has 0 spiro atoms. The minimum absolute atomic E-state index is 0.363. The van der Waals surface area contributed by atoms with Gasteiger partial charge >= 0.3 is 5.97 Å². The number of aliphatic hydroxyl groups excluding tert-OH is 4. The van der Waals surface area contributed by atoms with E-state index >= 15 is 0 Å². The first-order chi connectivity index (χ1) is 10.5. The Bertz CT molecular complexity index is 504. The van der Waals surface area contributed by atoms with Gasteiger partial charge in [-0.3, -0.25) is 0 Å². The molecule has 5 N–H and O–H groups in total. The van der Waals surface area contributed by atoms with Gasteiger partial charge in [0.05, 0.1) is 19.3 Å². The number of anilines is 1. The van der Waals surface area contributed by atoms with Crippen LogP contribution in [-0.4, -0.2) is 70.8 Å². The van der Waals surface area contributed by atoms with Crippen LogP contribution in [0.5, 0.6) is 0 Å². The maximum Gasteiger partial charge on any atom is 0.337 e. The minimum Gasteiger partial charge on any atom is -0.465 e. The third-order valence-electron chi connectivity index (χ3n) is 3.51. The molecule has 1 aliphatic heterocycles. The van der Waals surface area contributed by atoms with Crippen molar-refractivity contribution in [1.82, 2.24) is 0 Å². The van der Waals surface area contributed by atoms with Crippen molar-refractivity contribution in [2.45, 2.75) is 30.6 Å². The maximum atomic E-state index is 11.3. The first kappa shape index (κ1) is 16.7. The van der Waals surface area contributed by atoms with Crippen molar-refractivity contribution in [1.29, 1.82) is 0 Å². The lowest BCUT2D eigenvalue weighted by Crippen LogP contribution is -2.60. The predicted octanol–water partition coefficient (Wildman–Crippen LogP) is -1.32. The van der Waals surface area contributed by atoms with Crippen molar-refractivity contribution in [3.63, 3.8) is 0 Å². The second-order valence-electron chi connectivity index (χ2n) is 4.96. The summed E-state index contributed by atoms with van der Waals surface area (Å²) in [5, 5.41) is 41.2. The molecule has 1 aromatic carbocycles. The number of hydrogen-bond donors (Lipinski definition) is 5. The molecule has 1 aliphatic rings. The number of carbonyl (C=O) groups is 1. The molecule has 0 radical (unpaired) electrons. The molecule has 2 rings (SSSR count). The van der Waals surface area contributed by atoms with Gasteiger partial charge in [0.1, 0.15) is 24.4 Å². The fourth-order valence-electron chi connectivity index (χ4n) is 2.21. The van der Waals surface area contributed by atoms with Crippen LogP contribution in [0.15, 0.2) is 24.3 Å². The number of rotatable bonds is 4. The van der Waals surface area contributed by atoms with E-state index in [2.05, 4.69) is 10.1 Å². The van der Waals surface area contributed by atoms with Crippen molar-refractivity contribution in [3.05, 3.63) is 29.8 Å². The van der Waals surface area contributed by atoms with E-state index in [1.807, 2.05) is 0 Å². The van der Waals surface area contributed by atoms with Crippen molar-refractivity contribution in [2.75, 3.05) is 19.0 Å². The summed E-state index contributed by atoms with van der Waals surface area (Å²) in [4.78, 5) is 11.3. The Morgan fingerprint density at radius 3 is 2.36 bits per heavy atom. The van der Waals surface area contributed by atoms with Crippen LogP contribution in [-0.2, 0) is 9.47 Å². The topological polar surface area (TPSA) is 128 Å². The van der Waals surface area contributed by atoms with Crippen molar-refractivity contribution in [3.8, 4) is 0 Å². The minimum atomic E-state index is -1.45. The van der Waals surface area contributed by atoms with Crippen LogP contribution >= 0.6 is 0 Å². The first-order valence-electron chi connectivity index (χ1n) is 6.73. The van der Waals surface area contributed by atoms with Gasteiger partial charge in [-0.05, 0) is 24.3 Å². The second-order valence-corrected chi connectivity index (χ2v) is 4.96. The molecule has 0 saturated carbocycles. The smallest absolute Gasteiger partial charge is 0.337 e. The van der Waals surface area contributed by atoms with Gasteiger partial charge in [0.2, 0.25) is 0 Å². The first-order valence-corrected chi connectivity index (χ1v) is 6.73. The van der Waals surface area contributed by atoms with Crippen molar-refractivity contribution < 1.29 is 34.7 Å². The summed E-state index contributed by atoms with van der Waals surface area (Å²) in [6.07, 6.45) is -6.22. The maximum absolute atomic E-state index is 11.3. The lowest BCUT2D eigenvalue weighted by molar-refractivity contribution is -0.221. The molecule has 0 unspecified atom stereocenters. The standard InChI is InChI=1S/C14H19NO7/c1-21-14(20)7-2-4-8(5-3-7)15-13-12(19)11(18)10(17)9(6-16)22-13/h2-5,9-13,15-19H,6H2,1H3/t9-,10-,11+,12-,13-/m1/s1. The molecule has 1 saturated heterocycles. The Labute approximate surface area is 126 Å². The number of ether oxygens (including phenoxy) is 2. The molecule has 1 fully saturated rings. The number of nitrogens with one attached hydrogen (secondary N) is 1. The van der Waals surface area contributed by atoms with Crippen LogP contribution in [0.2, 0.25) is 0 Å². The molecule has 0 aromatic heterocycles. The summed E-state index contributed by atoms with van der Waals surface area (Å²) in [5.74, 6) is -0.473. The highest BCUT2D eigenvalue weighted by Crippen LogP contribution is 2.23. The number of aliphatic hydroxyl groups is 4. The largest absolute Gasteiger partial charge is 0.465 e. The number of benzene rings is 1. The Morgan fingerprint density at radius 1 is 1.18 bits per heavy atom. The van der Waals surface area contributed by atoms with Crippen LogP contribution in [0.1, 0.15) is 10.4 Å². The lowest BCUT2D eigenvalue weighted by Gasteiger charge is -2.40. The fraction of sp³-hybridized carbons (Fsp3) is 0.500. The zero-order valence-corrected chi connectivity index (χ0v) is 11.9. The van der Waals surface area contributed by atoms with Gasteiger partial charge in [0.25, 0.3) is 0 Å². The Kier molecular flexibility index (Phi) is 5.33. The lowest BCUT2D eigenvalue weighted by atomic mass is 9.98. The molecule has 0 amide bonds. The summed E-state index contributed by atoms with van der Waals surface area (Å²) in [5.41, 5.74) is 0.888. The monoisotopic (exact) mass is 313 g/mol. The average molecular weight is 313 g/mol. The summed E-state index contributed by atoms with van der Waals surface area (Å²) in [6.45, 7) is -0.496. The highest BCUT2D eigenvalue weighted by atomic mass is 16.6. The highest BCUT2D eigenvalue weighted by Gasteiger charge is 2.43. The van der Waals surface area contributed by atoms with Crippen molar-refractivity contribution >= 4 is 11.7 Å². The van der Waals surface area contributed by atoms with Gasteiger partial charge in [0.15, 0.2) is 6.23 Å². The molecule has 22 heavy (non-hydrogen) atoms. The van der Waals surface area contributed by atoms with E-state index in [1.165, 1.54) is 19.2 Å². The van der Waals surface area contributed by atoms with Gasteiger partial charge in [-0.15, -0.1) is 0 Å². The molecule has 1 heterocycles. The third kappa shape index (κ3) is 3.37. The summed E-state index contributed by atoms with van der Waals surface area (Å²) in [7, 11) is 1.28. The van der Waals surface area contributed by atoms with E-state index in [0.717, 1.165) is 0 Å². The second kappa shape index (κ2) is 7.03. The number of hydrogen-bond acceptors (Lipinski definition) is 8. The fourth-order valence-corrected chi connectivity index (χ4v) is 2.21. The third-order valence-corrected chi connectivity index (χ3v) is 3.51. The van der Waals surface area contributed by atoms with E-state index < -0.39 is 43.2 Å². The zero-order valence-electron chi connectivity index (χ0n) is 11.9. The van der Waals surface area contributed by atoms with E-state index in [4.69, 9.17) is 9.84 Å². The number of methoxy groups -OCH3 is 1. The van der Waals surface area contributed by atoms with E-state index in [9.17, 15) is 20.1 Å². The molecular formula is C14H19NO7. The normalized spacial score (nSPS) is 31.6. The van der Waals surface area contributed by atoms with Crippen LogP contribution < -0.4 is 5.32 Å². The van der Waals surface area contributed by atoms with E-state index in [-0.39, 0.29) is 0 Å². The van der Waals surface area contributed by atoms with Gasteiger partial charge in [-0.2, -0.15) is 0 Å². The highest BCUT2D eigenvalue weighted by molar-refractivity contribution is 5.89. The van der Waals surface area contributed by atoms with Gasteiger partial charge in [0, 0.05) is 5.69 Å². The SMILES string of the molecule is COC(=O)c1ccc(N[C@@H]2O[C@H](CO)[C@@H](O)[C@H](O)[C@H]2O)cc1. The van der Waals surface area contributed by atoms with Gasteiger partial charge in [-0.25, -0.2) is 4.79 Å². The molecular weight excluding hydrogens is 294 g/mol. The predicted molar refractivity (Wildman–Crippen MR) is 75.2 cm³/mol. The molecule has 8 nitrogen and oxygen atoms in total. The average Bonchev–Trinajstić information content (AvgIpc) is 2.55. The summed E-state index contributed by atoms with van der Waals surface area (Å²) < 4.78 is 9.91. The van der Waals surface area contributed by atoms with Gasteiger partial charge < -0.3 is 35.2 Å². The molecule has 122 valence electrons. The quantitative estimate of drug-likeness (QED) is 0.433. The van der Waals surface area contributed by atoms with Crippen LogP contribution in [0.3, 0.4) is 0 Å². The Balaban J connectivity index is 2.07. The Hall–Kier alpha value is -1.71. The molecule has 5 atom stereocenters. The van der Waals surface area contributed by atoms with Crippen LogP contribution in [0.4, 0.5) is 5.69 Å². The van der Waals surface area contributed by atoms with Crippen LogP contribution in [0, 0.1) is 0 Å². The molecule has 1 aromatic rings. The zero-order chi connectivity index (χ0) is 16.3. The van der Waals surface area contributed by atoms with E-state index in [0.29, 0.717) is 11.3 Å². The van der Waals surface area contributed by atoms with Crippen LogP contribution in [0.25, 0.3) is 0 Å².